The van der Waals surface area contributed by atoms with Crippen LogP contribution < -0.4 is 11.1 Å². The van der Waals surface area contributed by atoms with Gasteiger partial charge in [-0.25, -0.2) is 4.39 Å². The molecule has 0 bridgehead atoms. The molecular weight excluding hydrogens is 265 g/mol. The molecule has 0 saturated carbocycles. The Morgan fingerprint density at radius 2 is 2.25 bits per heavy atom. The molecule has 6 nitrogen and oxygen atoms in total. The summed E-state index contributed by atoms with van der Waals surface area (Å²) in [6.45, 7) is 0.629. The van der Waals surface area contributed by atoms with Crippen LogP contribution in [0.3, 0.4) is 0 Å². The van der Waals surface area contributed by atoms with E-state index in [1.54, 1.807) is 0 Å². The van der Waals surface area contributed by atoms with Crippen LogP contribution in [0.1, 0.15) is 10.4 Å². The van der Waals surface area contributed by atoms with Gasteiger partial charge in [-0.1, -0.05) is 0 Å². The normalized spacial score (nSPS) is 18.7. The van der Waals surface area contributed by atoms with Crippen molar-refractivity contribution in [1.29, 1.82) is 0 Å². The van der Waals surface area contributed by atoms with Crippen LogP contribution in [0.25, 0.3) is 0 Å². The minimum Gasteiger partial charge on any atom is -0.399 e. The first-order valence-electron chi connectivity index (χ1n) is 6.20. The SMILES string of the molecule is CNC(=O)C1COCCN1C(=O)c1cc(N)ccc1F. The molecular formula is C13H16FN3O3. The Balaban J connectivity index is 2.30. The van der Waals surface area contributed by atoms with E-state index >= 15 is 0 Å². The molecule has 1 aliphatic rings. The van der Waals surface area contributed by atoms with E-state index in [1.165, 1.54) is 24.1 Å². The number of nitrogens with zero attached hydrogens (tertiary/aromatic N) is 1. The number of amides is 2. The molecule has 0 radical (unpaired) electrons. The largest absolute Gasteiger partial charge is 0.399 e. The van der Waals surface area contributed by atoms with Gasteiger partial charge in [0.2, 0.25) is 5.91 Å². The van der Waals surface area contributed by atoms with Crippen LogP contribution >= 0.6 is 0 Å². The summed E-state index contributed by atoms with van der Waals surface area (Å²) in [7, 11) is 1.47. The zero-order valence-corrected chi connectivity index (χ0v) is 11.1. The molecule has 7 heteroatoms. The Labute approximate surface area is 115 Å². The number of benzene rings is 1. The van der Waals surface area contributed by atoms with Gasteiger partial charge in [-0.3, -0.25) is 9.59 Å². The average Bonchev–Trinajstić information content (AvgIpc) is 2.48. The van der Waals surface area contributed by atoms with Crippen molar-refractivity contribution in [1.82, 2.24) is 10.2 Å². The predicted molar refractivity (Wildman–Crippen MR) is 70.5 cm³/mol. The van der Waals surface area contributed by atoms with Gasteiger partial charge >= 0.3 is 0 Å². The second kappa shape index (κ2) is 5.87. The summed E-state index contributed by atoms with van der Waals surface area (Å²) in [4.78, 5) is 25.5. The summed E-state index contributed by atoms with van der Waals surface area (Å²) in [6, 6.07) is 3.02. The molecule has 1 aromatic rings. The Morgan fingerprint density at radius 1 is 1.50 bits per heavy atom. The lowest BCUT2D eigenvalue weighted by Crippen LogP contribution is -2.55. The molecule has 1 aliphatic heterocycles. The molecule has 2 rings (SSSR count). The van der Waals surface area contributed by atoms with Crippen molar-refractivity contribution in [3.05, 3.63) is 29.6 Å². The van der Waals surface area contributed by atoms with E-state index in [-0.39, 0.29) is 24.6 Å². The van der Waals surface area contributed by atoms with E-state index < -0.39 is 17.8 Å². The summed E-state index contributed by atoms with van der Waals surface area (Å²) in [5.74, 6) is -1.57. The maximum absolute atomic E-state index is 13.8. The number of nitrogen functional groups attached to an aromatic ring is 1. The minimum atomic E-state index is -0.762. The minimum absolute atomic E-state index is 0.0926. The zero-order chi connectivity index (χ0) is 14.7. The van der Waals surface area contributed by atoms with E-state index in [9.17, 15) is 14.0 Å². The number of morpholine rings is 1. The third kappa shape index (κ3) is 2.72. The highest BCUT2D eigenvalue weighted by Gasteiger charge is 2.33. The van der Waals surface area contributed by atoms with Crippen molar-refractivity contribution in [2.75, 3.05) is 32.5 Å². The summed E-state index contributed by atoms with van der Waals surface area (Å²) < 4.78 is 19.0. The predicted octanol–water partition coefficient (Wildman–Crippen LogP) is -0.00510. The lowest BCUT2D eigenvalue weighted by atomic mass is 10.1. The van der Waals surface area contributed by atoms with Crippen molar-refractivity contribution in [3.63, 3.8) is 0 Å². The van der Waals surface area contributed by atoms with Gasteiger partial charge in [-0.2, -0.15) is 0 Å². The summed E-state index contributed by atoms with van der Waals surface area (Å²) >= 11 is 0. The number of hydrogen-bond acceptors (Lipinski definition) is 4. The smallest absolute Gasteiger partial charge is 0.257 e. The van der Waals surface area contributed by atoms with Crippen LogP contribution in [0.4, 0.5) is 10.1 Å². The number of carbonyl (C=O) groups excluding carboxylic acids is 2. The molecule has 1 unspecified atom stereocenters. The maximum Gasteiger partial charge on any atom is 0.257 e. The summed E-state index contributed by atoms with van der Waals surface area (Å²) in [5, 5.41) is 2.47. The highest BCUT2D eigenvalue weighted by atomic mass is 19.1. The Kier molecular flexibility index (Phi) is 4.19. The van der Waals surface area contributed by atoms with Gasteiger partial charge in [0.15, 0.2) is 0 Å². The van der Waals surface area contributed by atoms with Crippen molar-refractivity contribution < 1.29 is 18.7 Å². The third-order valence-corrected chi connectivity index (χ3v) is 3.16. The van der Waals surface area contributed by atoms with Crippen LogP contribution in [-0.4, -0.2) is 49.6 Å². The second-order valence-electron chi connectivity index (χ2n) is 4.44. The number of anilines is 1. The third-order valence-electron chi connectivity index (χ3n) is 3.16. The van der Waals surface area contributed by atoms with Crippen LogP contribution in [0, 0.1) is 5.82 Å². The van der Waals surface area contributed by atoms with Gasteiger partial charge in [0.05, 0.1) is 18.8 Å². The van der Waals surface area contributed by atoms with E-state index in [0.29, 0.717) is 12.3 Å². The quantitative estimate of drug-likeness (QED) is 0.747. The number of rotatable bonds is 2. The molecule has 0 aliphatic carbocycles. The van der Waals surface area contributed by atoms with Crippen molar-refractivity contribution >= 4 is 17.5 Å². The van der Waals surface area contributed by atoms with Gasteiger partial charge < -0.3 is 20.7 Å². The number of likely N-dealkylation sites (N-methyl/N-ethyl adjacent to an activating group) is 1. The number of ether oxygens (including phenoxy) is 1. The van der Waals surface area contributed by atoms with Gasteiger partial charge in [0, 0.05) is 19.3 Å². The van der Waals surface area contributed by atoms with Gasteiger partial charge in [0.1, 0.15) is 11.9 Å². The average molecular weight is 281 g/mol. The van der Waals surface area contributed by atoms with Gasteiger partial charge in [-0.05, 0) is 18.2 Å². The summed E-state index contributed by atoms with van der Waals surface area (Å²) in [5.41, 5.74) is 5.73. The van der Waals surface area contributed by atoms with Crippen molar-refractivity contribution in [2.24, 2.45) is 0 Å². The highest BCUT2D eigenvalue weighted by molar-refractivity contribution is 5.98. The number of nitrogens with two attached hydrogens (primary N) is 1. The molecule has 2 amide bonds. The van der Waals surface area contributed by atoms with Crippen LogP contribution in [0.5, 0.6) is 0 Å². The number of nitrogens with one attached hydrogen (secondary N) is 1. The van der Waals surface area contributed by atoms with E-state index in [4.69, 9.17) is 10.5 Å². The first-order valence-corrected chi connectivity index (χ1v) is 6.20. The number of halogens is 1. The molecule has 20 heavy (non-hydrogen) atoms. The molecule has 1 fully saturated rings. The first-order chi connectivity index (χ1) is 9.54. The lowest BCUT2D eigenvalue weighted by Gasteiger charge is -2.34. The number of carbonyl (C=O) groups is 2. The fraction of sp³-hybridized carbons (Fsp3) is 0.385. The topological polar surface area (TPSA) is 84.7 Å². The van der Waals surface area contributed by atoms with Crippen molar-refractivity contribution in [2.45, 2.75) is 6.04 Å². The molecule has 0 aromatic heterocycles. The van der Waals surface area contributed by atoms with E-state index in [1.807, 2.05) is 0 Å². The first kappa shape index (κ1) is 14.3. The monoisotopic (exact) mass is 281 g/mol. The molecule has 1 aromatic carbocycles. The van der Waals surface area contributed by atoms with E-state index in [0.717, 1.165) is 6.07 Å². The fourth-order valence-electron chi connectivity index (χ4n) is 2.09. The lowest BCUT2D eigenvalue weighted by molar-refractivity contribution is -0.130. The zero-order valence-electron chi connectivity index (χ0n) is 11.1. The Bertz CT molecular complexity index is 536. The van der Waals surface area contributed by atoms with Gasteiger partial charge in [0.25, 0.3) is 5.91 Å². The Morgan fingerprint density at radius 3 is 2.95 bits per heavy atom. The highest BCUT2D eigenvalue weighted by Crippen LogP contribution is 2.18. The molecule has 0 spiro atoms. The molecule has 108 valence electrons. The second-order valence-corrected chi connectivity index (χ2v) is 4.44. The van der Waals surface area contributed by atoms with Crippen LogP contribution in [0.15, 0.2) is 18.2 Å². The molecule has 3 N–H and O–H groups in total. The van der Waals surface area contributed by atoms with Crippen LogP contribution in [0.2, 0.25) is 0 Å². The Hall–Kier alpha value is -2.15. The molecule has 1 saturated heterocycles. The van der Waals surface area contributed by atoms with Crippen LogP contribution in [-0.2, 0) is 9.53 Å². The molecule has 1 heterocycles. The maximum atomic E-state index is 13.8. The molecule has 1 atom stereocenters. The van der Waals surface area contributed by atoms with Crippen molar-refractivity contribution in [3.8, 4) is 0 Å². The van der Waals surface area contributed by atoms with Gasteiger partial charge in [-0.15, -0.1) is 0 Å². The van der Waals surface area contributed by atoms with E-state index in [2.05, 4.69) is 5.32 Å². The summed E-state index contributed by atoms with van der Waals surface area (Å²) in [6.07, 6.45) is 0. The fourth-order valence-corrected chi connectivity index (χ4v) is 2.09. The standard InChI is InChI=1S/C13H16FN3O3/c1-16-12(18)11-7-20-5-4-17(11)13(19)9-6-8(15)2-3-10(9)14/h2-3,6,11H,4-5,7,15H2,1H3,(H,16,18). The number of hydrogen-bond donors (Lipinski definition) is 2.